The fourth-order valence-corrected chi connectivity index (χ4v) is 21.7. The topological polar surface area (TPSA) is 308 Å². The Morgan fingerprint density at radius 1 is 0.271 bits per heavy atom. The number of imidazole rings is 5. The molecule has 15 heterocycles. The summed E-state index contributed by atoms with van der Waals surface area (Å²) >= 11 is 7.88. The van der Waals surface area contributed by atoms with Gasteiger partial charge in [0.25, 0.3) is 5.91 Å². The molecule has 7 aromatic carbocycles. The lowest BCUT2D eigenvalue weighted by Gasteiger charge is -2.07. The van der Waals surface area contributed by atoms with Gasteiger partial charge in [0.15, 0.2) is 48.8 Å². The zero-order valence-corrected chi connectivity index (χ0v) is 85.1. The van der Waals surface area contributed by atoms with Crippen LogP contribution < -0.4 is 31.9 Å². The molecule has 718 valence electrons. The predicted octanol–water partition coefficient (Wildman–Crippen LogP) is 27.2. The molecule has 0 aliphatic rings. The maximum Gasteiger partial charge on any atom is 0.251 e. The minimum Gasteiger partial charge on any atom is -0.355 e. The van der Waals surface area contributed by atoms with Crippen LogP contribution in [0.3, 0.4) is 0 Å². The molecule has 0 aliphatic heterocycles. The number of aromatic nitrogens is 15. The van der Waals surface area contributed by atoms with Crippen LogP contribution in [-0.4, -0.2) is 108 Å². The van der Waals surface area contributed by atoms with Crippen LogP contribution in [0.4, 0.5) is 54.1 Å². The van der Waals surface area contributed by atoms with Crippen LogP contribution in [0.2, 0.25) is 0 Å². The summed E-state index contributed by atoms with van der Waals surface area (Å²) < 4.78 is 10.4. The van der Waals surface area contributed by atoms with Crippen LogP contribution in [-0.2, 0) is 12.8 Å². The maximum absolute atomic E-state index is 12.9. The summed E-state index contributed by atoms with van der Waals surface area (Å²) in [5.74, 6) is 0.372. The number of hydrogen-bond donors (Lipinski definition) is 6. The van der Waals surface area contributed by atoms with Gasteiger partial charge in [-0.2, -0.15) is 0 Å². The molecule has 0 spiro atoms. The quantitative estimate of drug-likeness (QED) is 0.0274. The van der Waals surface area contributed by atoms with Crippen LogP contribution in [0.1, 0.15) is 141 Å². The van der Waals surface area contributed by atoms with E-state index in [2.05, 4.69) is 98.8 Å². The Bertz CT molecular complexity index is 8500. The number of aryl methyl sites for hydroxylation is 9. The maximum atomic E-state index is 12.9. The van der Waals surface area contributed by atoms with Gasteiger partial charge in [-0.1, -0.05) is 198 Å². The number of anilines is 10. The van der Waals surface area contributed by atoms with Gasteiger partial charge >= 0.3 is 0 Å². The van der Waals surface area contributed by atoms with Gasteiger partial charge in [-0.25, -0.2) is 49.8 Å². The number of nitrogens with zero attached hydrogens (tertiary/aromatic N) is 15. The number of hydrogen-bond acceptors (Lipinski definition) is 25. The van der Waals surface area contributed by atoms with Crippen molar-refractivity contribution in [1.29, 1.82) is 0 Å². The second kappa shape index (κ2) is 44.0. The number of carbonyl (C=O) groups is 5. The summed E-state index contributed by atoms with van der Waals surface area (Å²) in [4.78, 5) is 113. The first-order valence-electron chi connectivity index (χ1n) is 46.8. The molecule has 6 N–H and O–H groups in total. The number of benzene rings is 7. The fourth-order valence-electron chi connectivity index (χ4n) is 16.8. The Labute approximate surface area is 851 Å². The Morgan fingerprint density at radius 2 is 0.556 bits per heavy atom. The molecule has 0 saturated carbocycles. The average Bonchev–Trinajstić information content (AvgIpc) is 1.68. The standard InChI is InChI=1S/C27H24N4OS.C26H22N4OS.C21H20N4OS.C20H18N4OS.C19H17N5OS/c1-17-9-4-5-10-20(17)16-23(32)21-11-8-12-22(15-21)30-27-29-19(3)26(33-27)25-18(2)28-24-13-6-7-14-31(24)25;1-17-8-3-4-9-19(17)15-22(31)20-10-7-11-21(14-20)29-26-27-16-23(32-26)25-18(2)28-24-12-5-6-13-30(24)25;1-4-17(26)15-8-7-9-16(12-15)24-21-23-14(3)20(27-21)19-13(2)22-18-10-5-6-11-25(18)19;1-3-16(25)14-7-6-8-15(11-14)23-20-21-12-17(26-20)19-13(2)22-18-9-4-5-10-24(18)19;1-12-17(24-10-4-3-5-16(24)22-12)15-11-21-19(26-15)23-14-8-6-13(7-9-14)18(25)20-2/h4-15H,16H2,1-3H3,(H,29,30);3-14,16H,15H2,1-2H3,(H,27,29);5-12H,4H2,1-3H3,(H,23,24);4-12H,3H2,1-2H3,(H,21,23);3-11H,1-2H3,(H,20,25)(H,21,23). The van der Waals surface area contributed by atoms with Crippen molar-refractivity contribution in [3.63, 3.8) is 0 Å². The molecule has 22 aromatic rings. The van der Waals surface area contributed by atoms with Crippen molar-refractivity contribution < 1.29 is 24.0 Å². The molecule has 0 bridgehead atoms. The van der Waals surface area contributed by atoms with Gasteiger partial charge < -0.3 is 31.9 Å². The Morgan fingerprint density at radius 3 is 0.868 bits per heavy atom. The average molecular weight is 1990 g/mol. The van der Waals surface area contributed by atoms with E-state index >= 15 is 0 Å². The van der Waals surface area contributed by atoms with Crippen molar-refractivity contribution in [3.05, 3.63) is 400 Å². The lowest BCUT2D eigenvalue weighted by molar-refractivity contribution is 0.0958. The minimum absolute atomic E-state index is 0.101. The summed E-state index contributed by atoms with van der Waals surface area (Å²) in [6.45, 7) is 21.9. The summed E-state index contributed by atoms with van der Waals surface area (Å²) in [6, 6.07) is 83.5. The smallest absolute Gasteiger partial charge is 0.251 e. The lowest BCUT2D eigenvalue weighted by Crippen LogP contribution is -2.17. The summed E-state index contributed by atoms with van der Waals surface area (Å²) in [5.41, 5.74) is 28.8. The zero-order chi connectivity index (χ0) is 100. The number of nitrogens with one attached hydrogen (secondary N) is 6. The molecule has 26 nitrogen and oxygen atoms in total. The molecule has 1 amide bonds. The molecule has 0 saturated heterocycles. The third kappa shape index (κ3) is 22.2. The monoisotopic (exact) mass is 1990 g/mol. The molecule has 0 atom stereocenters. The molecule has 0 fully saturated rings. The summed E-state index contributed by atoms with van der Waals surface area (Å²) in [6.07, 6.45) is 17.5. The van der Waals surface area contributed by atoms with Crippen LogP contribution in [0.15, 0.2) is 310 Å². The first kappa shape index (κ1) is 97.5. The van der Waals surface area contributed by atoms with Crippen LogP contribution >= 0.6 is 56.7 Å². The number of fused-ring (bicyclic) bond motifs is 5. The lowest BCUT2D eigenvalue weighted by atomic mass is 9.99. The molecule has 0 radical (unpaired) electrons. The fraction of sp³-hybridized carbons (Fsp3) is 0.142. The van der Waals surface area contributed by atoms with Gasteiger partial charge in [-0.15, -0.1) is 0 Å². The summed E-state index contributed by atoms with van der Waals surface area (Å²) in [5, 5.41) is 23.2. The van der Waals surface area contributed by atoms with Gasteiger partial charge in [0.05, 0.1) is 92.7 Å². The van der Waals surface area contributed by atoms with Crippen molar-refractivity contribution in [3.8, 4) is 52.9 Å². The van der Waals surface area contributed by atoms with Gasteiger partial charge in [-0.3, -0.25) is 46.0 Å². The second-order valence-corrected chi connectivity index (χ2v) is 39.1. The van der Waals surface area contributed by atoms with E-state index in [9.17, 15) is 24.0 Å². The van der Waals surface area contributed by atoms with Crippen molar-refractivity contribution in [2.24, 2.45) is 0 Å². The van der Waals surface area contributed by atoms with Crippen molar-refractivity contribution in [2.75, 3.05) is 33.6 Å². The number of carbonyl (C=O) groups excluding carboxylic acids is 5. The number of pyridine rings is 5. The number of thiazole rings is 5. The summed E-state index contributed by atoms with van der Waals surface area (Å²) in [7, 11) is 1.62. The predicted molar refractivity (Wildman–Crippen MR) is 584 cm³/mol. The number of amides is 1. The van der Waals surface area contributed by atoms with E-state index in [4.69, 9.17) is 4.98 Å². The van der Waals surface area contributed by atoms with E-state index in [1.807, 2.05) is 374 Å². The van der Waals surface area contributed by atoms with Gasteiger partial charge in [0.1, 0.15) is 28.2 Å². The third-order valence-electron chi connectivity index (χ3n) is 24.0. The SMILES string of the molecule is CCC(=O)c1cccc(Nc2nc(C)c(-c3c(C)nc4ccccn34)s2)c1.CCC(=O)c1cccc(Nc2ncc(-c3c(C)nc4ccccn34)s2)c1.CNC(=O)c1ccc(Nc2ncc(-c3c(C)nc4ccccn34)s2)cc1.Cc1ccccc1CC(=O)c1cccc(Nc2nc(C)c(-c3c(C)nc4ccccn34)s2)c1.Cc1ccccc1CC(=O)c1cccc(Nc2ncc(-c3c(C)nc4ccccn34)s2)c1. The van der Waals surface area contributed by atoms with E-state index in [0.29, 0.717) is 53.5 Å². The molecule has 15 aromatic heterocycles. The molecular weight excluding hydrogens is 1890 g/mol. The minimum atomic E-state index is -0.101. The highest BCUT2D eigenvalue weighted by molar-refractivity contribution is 7.20. The Hall–Kier alpha value is -16.7. The van der Waals surface area contributed by atoms with Gasteiger partial charge in [0.2, 0.25) is 0 Å². The van der Waals surface area contributed by atoms with Crippen LogP contribution in [0, 0.1) is 62.3 Å². The number of ketones is 4. The Kier molecular flexibility index (Phi) is 29.8. The third-order valence-corrected chi connectivity index (χ3v) is 28.9. The first-order chi connectivity index (χ1) is 69.9. The van der Waals surface area contributed by atoms with E-state index in [1.54, 1.807) is 75.9 Å². The molecule has 31 heteroatoms. The highest BCUT2D eigenvalue weighted by Gasteiger charge is 2.24. The molecule has 0 aliphatic carbocycles. The zero-order valence-electron chi connectivity index (χ0n) is 81.1. The molecule has 144 heavy (non-hydrogen) atoms. The van der Waals surface area contributed by atoms with Crippen molar-refractivity contribution in [1.82, 2.24) is 77.2 Å². The Balaban J connectivity index is 0.000000119. The van der Waals surface area contributed by atoms with Crippen LogP contribution in [0.5, 0.6) is 0 Å². The first-order valence-corrected chi connectivity index (χ1v) is 50.9. The van der Waals surface area contributed by atoms with Gasteiger partial charge in [-0.05, 0) is 218 Å². The van der Waals surface area contributed by atoms with Crippen LogP contribution in [0.25, 0.3) is 81.1 Å². The molecule has 0 unspecified atom stereocenters. The number of Topliss-reactive ketones (excluding diaryl/α,β-unsaturated/α-hetero) is 4. The van der Waals surface area contributed by atoms with Crippen molar-refractivity contribution >= 4 is 168 Å². The van der Waals surface area contributed by atoms with E-state index in [0.717, 1.165) is 197 Å². The van der Waals surface area contributed by atoms with E-state index in [-0.39, 0.29) is 29.0 Å². The van der Waals surface area contributed by atoms with E-state index in [1.165, 1.54) is 0 Å². The van der Waals surface area contributed by atoms with Gasteiger partial charge in [0, 0.05) is 139 Å². The normalized spacial score (nSPS) is 11.0. The largest absolute Gasteiger partial charge is 0.355 e. The highest BCUT2D eigenvalue weighted by atomic mass is 32.1. The molecule has 22 rings (SSSR count). The molecular formula is C113H101N21O5S5. The van der Waals surface area contributed by atoms with Crippen molar-refractivity contribution in [2.45, 2.75) is 102 Å². The second-order valence-electron chi connectivity index (χ2n) is 34.0. The highest BCUT2D eigenvalue weighted by Crippen LogP contribution is 2.42. The number of rotatable bonds is 26. The van der Waals surface area contributed by atoms with E-state index < -0.39 is 0 Å².